The molecule has 0 radical (unpaired) electrons. The Morgan fingerprint density at radius 2 is 1.67 bits per heavy atom. The molecular formula is C21H26ClNO4. The lowest BCUT2D eigenvalue weighted by atomic mass is 10.0. The molecule has 0 fully saturated rings. The van der Waals surface area contributed by atoms with Crippen LogP contribution >= 0.6 is 11.6 Å². The van der Waals surface area contributed by atoms with Crippen LogP contribution in [-0.2, 0) is 9.53 Å². The van der Waals surface area contributed by atoms with Gasteiger partial charge in [-0.1, -0.05) is 29.8 Å². The van der Waals surface area contributed by atoms with Crippen molar-refractivity contribution in [1.29, 1.82) is 0 Å². The normalized spacial score (nSPS) is 14.2. The number of hydrogen-bond acceptors (Lipinski definition) is 5. The van der Waals surface area contributed by atoms with Crippen LogP contribution in [0.15, 0.2) is 36.4 Å². The summed E-state index contributed by atoms with van der Waals surface area (Å²) in [6.45, 7) is 7.25. The average molecular weight is 392 g/mol. The topological polar surface area (TPSA) is 70.8 Å². The molecule has 2 aromatic rings. The maximum atomic E-state index is 12.0. The first-order valence-corrected chi connectivity index (χ1v) is 9.14. The summed E-state index contributed by atoms with van der Waals surface area (Å²) in [5, 5.41) is 0.483. The SMILES string of the molecule is COc1cc(C)ccc1[C@@H](Oc1ccc(C)cc1Cl)[C@H](C)OC(=O)[C@H](C)N. The van der Waals surface area contributed by atoms with Crippen molar-refractivity contribution in [2.45, 2.75) is 45.9 Å². The first-order chi connectivity index (χ1) is 12.7. The van der Waals surface area contributed by atoms with Crippen LogP contribution in [0.2, 0.25) is 5.02 Å². The fraction of sp³-hybridized carbons (Fsp3) is 0.381. The summed E-state index contributed by atoms with van der Waals surface area (Å²) in [7, 11) is 1.59. The smallest absolute Gasteiger partial charge is 0.323 e. The molecule has 3 atom stereocenters. The van der Waals surface area contributed by atoms with E-state index in [9.17, 15) is 4.79 Å². The van der Waals surface area contributed by atoms with Crippen LogP contribution in [0.1, 0.15) is 36.6 Å². The number of halogens is 1. The molecule has 0 aliphatic heterocycles. The van der Waals surface area contributed by atoms with Crippen molar-refractivity contribution in [2.24, 2.45) is 5.73 Å². The first kappa shape index (κ1) is 21.1. The number of methoxy groups -OCH3 is 1. The third-order valence-corrected chi connectivity index (χ3v) is 4.43. The van der Waals surface area contributed by atoms with Gasteiger partial charge < -0.3 is 19.9 Å². The Morgan fingerprint density at radius 1 is 1.04 bits per heavy atom. The van der Waals surface area contributed by atoms with Gasteiger partial charge in [-0.2, -0.15) is 0 Å². The van der Waals surface area contributed by atoms with Gasteiger partial charge in [-0.3, -0.25) is 4.79 Å². The van der Waals surface area contributed by atoms with Gasteiger partial charge in [0.15, 0.2) is 6.10 Å². The quantitative estimate of drug-likeness (QED) is 0.710. The lowest BCUT2D eigenvalue weighted by molar-refractivity contribution is -0.154. The molecule has 0 saturated heterocycles. The number of esters is 1. The van der Waals surface area contributed by atoms with Gasteiger partial charge >= 0.3 is 5.97 Å². The van der Waals surface area contributed by atoms with Gasteiger partial charge in [0.1, 0.15) is 23.6 Å². The highest BCUT2D eigenvalue weighted by molar-refractivity contribution is 6.32. The van der Waals surface area contributed by atoms with Crippen LogP contribution < -0.4 is 15.2 Å². The Balaban J connectivity index is 2.43. The molecule has 6 heteroatoms. The molecule has 2 N–H and O–H groups in total. The Labute approximate surface area is 165 Å². The summed E-state index contributed by atoms with van der Waals surface area (Å²) in [6, 6.07) is 10.6. The highest BCUT2D eigenvalue weighted by Gasteiger charge is 2.29. The van der Waals surface area contributed by atoms with Gasteiger partial charge in [-0.05, 0) is 57.0 Å². The predicted octanol–water partition coefficient (Wildman–Crippen LogP) is 4.36. The standard InChI is InChI=1S/C21H26ClNO4/c1-12-7-9-18(17(22)10-12)27-20(15(4)26-21(24)14(3)23)16-8-6-13(2)11-19(16)25-5/h6-11,14-15,20H,23H2,1-5H3/t14-,15-,20-/m0/s1. The van der Waals surface area contributed by atoms with Crippen molar-refractivity contribution in [3.8, 4) is 11.5 Å². The van der Waals surface area contributed by atoms with E-state index in [2.05, 4.69) is 0 Å². The minimum absolute atomic E-state index is 0.483. The van der Waals surface area contributed by atoms with Crippen molar-refractivity contribution in [3.63, 3.8) is 0 Å². The van der Waals surface area contributed by atoms with Crippen LogP contribution in [0.4, 0.5) is 0 Å². The number of rotatable bonds is 7. The minimum Gasteiger partial charge on any atom is -0.496 e. The fourth-order valence-corrected chi connectivity index (χ4v) is 2.94. The maximum Gasteiger partial charge on any atom is 0.323 e. The van der Waals surface area contributed by atoms with Gasteiger partial charge in [0.25, 0.3) is 0 Å². The van der Waals surface area contributed by atoms with E-state index in [1.807, 2.05) is 44.2 Å². The van der Waals surface area contributed by atoms with Crippen molar-refractivity contribution < 1.29 is 19.0 Å². The van der Waals surface area contributed by atoms with Crippen molar-refractivity contribution in [3.05, 3.63) is 58.1 Å². The highest BCUT2D eigenvalue weighted by atomic mass is 35.5. The van der Waals surface area contributed by atoms with Gasteiger partial charge in [-0.15, -0.1) is 0 Å². The number of benzene rings is 2. The lowest BCUT2D eigenvalue weighted by Gasteiger charge is -2.28. The number of aryl methyl sites for hydroxylation is 2. The van der Waals surface area contributed by atoms with Gasteiger partial charge in [0.2, 0.25) is 0 Å². The van der Waals surface area contributed by atoms with Gasteiger partial charge in [-0.25, -0.2) is 0 Å². The Bertz CT molecular complexity index is 807. The molecule has 0 heterocycles. The molecule has 5 nitrogen and oxygen atoms in total. The number of hydrogen-bond donors (Lipinski definition) is 1. The fourth-order valence-electron chi connectivity index (χ4n) is 2.66. The lowest BCUT2D eigenvalue weighted by Crippen LogP contribution is -2.35. The molecule has 0 unspecified atom stereocenters. The zero-order chi connectivity index (χ0) is 20.1. The summed E-state index contributed by atoms with van der Waals surface area (Å²) in [6.07, 6.45) is -1.24. The summed E-state index contributed by atoms with van der Waals surface area (Å²) in [4.78, 5) is 12.0. The molecule has 0 amide bonds. The molecule has 2 rings (SSSR count). The van der Waals surface area contributed by atoms with Crippen molar-refractivity contribution in [1.82, 2.24) is 0 Å². The monoisotopic (exact) mass is 391 g/mol. The second kappa shape index (κ2) is 9.11. The Morgan fingerprint density at radius 3 is 2.26 bits per heavy atom. The first-order valence-electron chi connectivity index (χ1n) is 8.76. The van der Waals surface area contributed by atoms with E-state index in [0.717, 1.165) is 16.7 Å². The van der Waals surface area contributed by atoms with Crippen LogP contribution in [0.5, 0.6) is 11.5 Å². The van der Waals surface area contributed by atoms with E-state index >= 15 is 0 Å². The Kier molecular flexibility index (Phi) is 7.11. The summed E-state index contributed by atoms with van der Waals surface area (Å²) < 4.78 is 17.2. The summed E-state index contributed by atoms with van der Waals surface area (Å²) >= 11 is 6.34. The zero-order valence-corrected chi connectivity index (χ0v) is 17.0. The molecule has 0 spiro atoms. The minimum atomic E-state index is -0.726. The van der Waals surface area contributed by atoms with Crippen LogP contribution in [0, 0.1) is 13.8 Å². The number of ether oxygens (including phenoxy) is 3. The molecule has 2 aromatic carbocycles. The highest BCUT2D eigenvalue weighted by Crippen LogP contribution is 2.36. The van der Waals surface area contributed by atoms with Crippen LogP contribution in [-0.4, -0.2) is 25.2 Å². The van der Waals surface area contributed by atoms with E-state index in [1.165, 1.54) is 0 Å². The summed E-state index contributed by atoms with van der Waals surface area (Å²) in [5.74, 6) is 0.641. The van der Waals surface area contributed by atoms with Gasteiger partial charge in [0, 0.05) is 5.56 Å². The average Bonchev–Trinajstić information content (AvgIpc) is 2.61. The molecule has 0 saturated carbocycles. The zero-order valence-electron chi connectivity index (χ0n) is 16.3. The third-order valence-electron chi connectivity index (χ3n) is 4.14. The van der Waals surface area contributed by atoms with Crippen molar-refractivity contribution in [2.75, 3.05) is 7.11 Å². The van der Waals surface area contributed by atoms with E-state index in [0.29, 0.717) is 16.5 Å². The molecule has 0 aromatic heterocycles. The number of carbonyl (C=O) groups is 1. The van der Waals surface area contributed by atoms with E-state index in [1.54, 1.807) is 27.0 Å². The third kappa shape index (κ3) is 5.37. The van der Waals surface area contributed by atoms with E-state index in [4.69, 9.17) is 31.5 Å². The second-order valence-corrected chi connectivity index (χ2v) is 7.06. The molecule has 0 bridgehead atoms. The molecule has 0 aliphatic rings. The number of nitrogens with two attached hydrogens (primary N) is 1. The second-order valence-electron chi connectivity index (χ2n) is 6.65. The molecule has 27 heavy (non-hydrogen) atoms. The predicted molar refractivity (Wildman–Crippen MR) is 106 cm³/mol. The molecule has 146 valence electrons. The largest absolute Gasteiger partial charge is 0.496 e. The maximum absolute atomic E-state index is 12.0. The molecule has 0 aliphatic carbocycles. The van der Waals surface area contributed by atoms with Crippen molar-refractivity contribution >= 4 is 17.6 Å². The molecular weight excluding hydrogens is 366 g/mol. The van der Waals surface area contributed by atoms with E-state index < -0.39 is 24.2 Å². The Hall–Kier alpha value is -2.24. The van der Waals surface area contributed by atoms with Crippen LogP contribution in [0.3, 0.4) is 0 Å². The number of carbonyl (C=O) groups excluding carboxylic acids is 1. The van der Waals surface area contributed by atoms with Gasteiger partial charge in [0.05, 0.1) is 12.1 Å². The summed E-state index contributed by atoms with van der Waals surface area (Å²) in [5.41, 5.74) is 8.45. The van der Waals surface area contributed by atoms with E-state index in [-0.39, 0.29) is 0 Å². The van der Waals surface area contributed by atoms with Crippen LogP contribution in [0.25, 0.3) is 0 Å².